The minimum absolute atomic E-state index is 0.238. The molecule has 2 saturated carbocycles. The zero-order valence-corrected chi connectivity index (χ0v) is 13.1. The van der Waals surface area contributed by atoms with Crippen molar-refractivity contribution in [2.75, 3.05) is 13.2 Å². The SMILES string of the molecule is CCOC(=O)C(N)(COC1CCC(C)(C)CC1)C1CC1. The molecule has 0 aliphatic heterocycles. The van der Waals surface area contributed by atoms with Crippen LogP contribution in [0, 0.1) is 11.3 Å². The molecule has 2 aliphatic carbocycles. The number of rotatable bonds is 6. The van der Waals surface area contributed by atoms with Crippen LogP contribution in [0.4, 0.5) is 0 Å². The van der Waals surface area contributed by atoms with Gasteiger partial charge in [0.15, 0.2) is 0 Å². The van der Waals surface area contributed by atoms with Crippen molar-refractivity contribution in [2.24, 2.45) is 17.1 Å². The summed E-state index contributed by atoms with van der Waals surface area (Å²) in [7, 11) is 0. The second-order valence-electron chi connectivity index (χ2n) is 7.21. The van der Waals surface area contributed by atoms with Gasteiger partial charge in [-0.25, -0.2) is 4.79 Å². The average molecular weight is 283 g/mol. The van der Waals surface area contributed by atoms with Crippen LogP contribution in [0.2, 0.25) is 0 Å². The summed E-state index contributed by atoms with van der Waals surface area (Å²) in [5.74, 6) is -0.0554. The molecule has 4 nitrogen and oxygen atoms in total. The molecule has 0 aromatic rings. The minimum atomic E-state index is -0.928. The van der Waals surface area contributed by atoms with E-state index in [0.29, 0.717) is 18.6 Å². The summed E-state index contributed by atoms with van der Waals surface area (Å²) in [6.45, 7) is 7.11. The van der Waals surface area contributed by atoms with Crippen molar-refractivity contribution >= 4 is 5.97 Å². The first-order chi connectivity index (χ1) is 9.37. The molecule has 1 atom stereocenters. The number of hydrogen-bond acceptors (Lipinski definition) is 4. The normalized spacial score (nSPS) is 26.0. The van der Waals surface area contributed by atoms with Crippen molar-refractivity contribution in [2.45, 2.75) is 70.9 Å². The van der Waals surface area contributed by atoms with E-state index in [0.717, 1.165) is 25.7 Å². The van der Waals surface area contributed by atoms with Crippen LogP contribution < -0.4 is 5.73 Å². The molecule has 0 aromatic heterocycles. The van der Waals surface area contributed by atoms with Gasteiger partial charge in [0.2, 0.25) is 0 Å². The Kier molecular flexibility index (Phi) is 4.75. The fourth-order valence-electron chi connectivity index (χ4n) is 3.00. The van der Waals surface area contributed by atoms with E-state index in [4.69, 9.17) is 15.2 Å². The Bertz CT molecular complexity index is 342. The lowest BCUT2D eigenvalue weighted by Crippen LogP contribution is -2.55. The molecule has 2 N–H and O–H groups in total. The Morgan fingerprint density at radius 2 is 1.85 bits per heavy atom. The maximum Gasteiger partial charge on any atom is 0.328 e. The van der Waals surface area contributed by atoms with E-state index in [9.17, 15) is 4.79 Å². The number of nitrogens with two attached hydrogens (primary N) is 1. The van der Waals surface area contributed by atoms with Crippen LogP contribution in [0.1, 0.15) is 59.3 Å². The topological polar surface area (TPSA) is 61.5 Å². The summed E-state index contributed by atoms with van der Waals surface area (Å²) in [5, 5.41) is 0. The van der Waals surface area contributed by atoms with Gasteiger partial charge in [0.05, 0.1) is 19.3 Å². The zero-order valence-electron chi connectivity index (χ0n) is 13.1. The molecule has 2 fully saturated rings. The zero-order chi connectivity index (χ0) is 14.8. The number of hydrogen-bond donors (Lipinski definition) is 1. The molecule has 116 valence electrons. The molecular formula is C16H29NO3. The van der Waals surface area contributed by atoms with Gasteiger partial charge in [0, 0.05) is 0 Å². The van der Waals surface area contributed by atoms with E-state index in [2.05, 4.69) is 13.8 Å². The van der Waals surface area contributed by atoms with Crippen LogP contribution in [0.25, 0.3) is 0 Å². The summed E-state index contributed by atoms with van der Waals surface area (Å²) in [6.07, 6.45) is 6.76. The van der Waals surface area contributed by atoms with Gasteiger partial charge in [0.25, 0.3) is 0 Å². The maximum absolute atomic E-state index is 12.1. The van der Waals surface area contributed by atoms with Gasteiger partial charge in [0.1, 0.15) is 5.54 Å². The van der Waals surface area contributed by atoms with Gasteiger partial charge in [-0.3, -0.25) is 0 Å². The molecule has 0 saturated heterocycles. The monoisotopic (exact) mass is 283 g/mol. The standard InChI is InChI=1S/C16H29NO3/c1-4-19-14(18)16(17,12-5-6-12)11-20-13-7-9-15(2,3)10-8-13/h12-13H,4-11,17H2,1-3H3. The highest BCUT2D eigenvalue weighted by molar-refractivity contribution is 5.81. The first-order valence-corrected chi connectivity index (χ1v) is 7.95. The highest BCUT2D eigenvalue weighted by atomic mass is 16.5. The fraction of sp³-hybridized carbons (Fsp3) is 0.938. The predicted molar refractivity (Wildman–Crippen MR) is 78.3 cm³/mol. The molecular weight excluding hydrogens is 254 g/mol. The summed E-state index contributed by atoms with van der Waals surface area (Å²) in [4.78, 5) is 12.1. The summed E-state index contributed by atoms with van der Waals surface area (Å²) < 4.78 is 11.1. The Labute approximate surface area is 122 Å². The van der Waals surface area contributed by atoms with E-state index in [-0.39, 0.29) is 18.0 Å². The van der Waals surface area contributed by atoms with Crippen molar-refractivity contribution in [3.05, 3.63) is 0 Å². The minimum Gasteiger partial charge on any atom is -0.465 e. The summed E-state index contributed by atoms with van der Waals surface area (Å²) in [5.41, 5.74) is 5.80. The lowest BCUT2D eigenvalue weighted by Gasteiger charge is -2.36. The van der Waals surface area contributed by atoms with E-state index in [1.807, 2.05) is 6.92 Å². The van der Waals surface area contributed by atoms with E-state index >= 15 is 0 Å². The Hall–Kier alpha value is -0.610. The second kappa shape index (κ2) is 6.02. The van der Waals surface area contributed by atoms with Crippen LogP contribution in [0.5, 0.6) is 0 Å². The van der Waals surface area contributed by atoms with Crippen molar-refractivity contribution in [3.63, 3.8) is 0 Å². The average Bonchev–Trinajstić information content (AvgIpc) is 3.22. The van der Waals surface area contributed by atoms with Crippen molar-refractivity contribution < 1.29 is 14.3 Å². The lowest BCUT2D eigenvalue weighted by molar-refractivity contribution is -0.155. The summed E-state index contributed by atoms with van der Waals surface area (Å²) >= 11 is 0. The molecule has 0 radical (unpaired) electrons. The number of ether oxygens (including phenoxy) is 2. The maximum atomic E-state index is 12.1. The molecule has 1 unspecified atom stereocenters. The lowest BCUT2D eigenvalue weighted by atomic mass is 9.76. The van der Waals surface area contributed by atoms with E-state index < -0.39 is 5.54 Å². The number of carbonyl (C=O) groups excluding carboxylic acids is 1. The first kappa shape index (κ1) is 15.8. The summed E-state index contributed by atoms with van der Waals surface area (Å²) in [6, 6.07) is 0. The third-order valence-electron chi connectivity index (χ3n) is 4.81. The van der Waals surface area contributed by atoms with Crippen molar-refractivity contribution in [1.82, 2.24) is 0 Å². The Morgan fingerprint density at radius 1 is 1.25 bits per heavy atom. The third kappa shape index (κ3) is 3.73. The van der Waals surface area contributed by atoms with Crippen LogP contribution in [0.15, 0.2) is 0 Å². The van der Waals surface area contributed by atoms with E-state index in [1.54, 1.807) is 0 Å². The number of carbonyl (C=O) groups is 1. The van der Waals surface area contributed by atoms with Gasteiger partial charge in [-0.15, -0.1) is 0 Å². The van der Waals surface area contributed by atoms with E-state index in [1.165, 1.54) is 12.8 Å². The molecule has 0 spiro atoms. The van der Waals surface area contributed by atoms with Crippen LogP contribution in [-0.4, -0.2) is 30.8 Å². The van der Waals surface area contributed by atoms with Gasteiger partial charge >= 0.3 is 5.97 Å². The Balaban J connectivity index is 1.85. The highest BCUT2D eigenvalue weighted by Crippen LogP contribution is 2.41. The van der Waals surface area contributed by atoms with Gasteiger partial charge < -0.3 is 15.2 Å². The molecule has 20 heavy (non-hydrogen) atoms. The largest absolute Gasteiger partial charge is 0.465 e. The Morgan fingerprint density at radius 3 is 2.35 bits per heavy atom. The molecule has 2 aliphatic rings. The van der Waals surface area contributed by atoms with Gasteiger partial charge in [-0.05, 0) is 56.8 Å². The van der Waals surface area contributed by atoms with Crippen LogP contribution >= 0.6 is 0 Å². The quantitative estimate of drug-likeness (QED) is 0.761. The molecule has 2 rings (SSSR count). The molecule has 4 heteroatoms. The molecule has 0 heterocycles. The molecule has 0 aromatic carbocycles. The fourth-order valence-corrected chi connectivity index (χ4v) is 3.00. The second-order valence-corrected chi connectivity index (χ2v) is 7.21. The highest BCUT2D eigenvalue weighted by Gasteiger charge is 2.50. The van der Waals surface area contributed by atoms with Crippen molar-refractivity contribution in [3.8, 4) is 0 Å². The molecule has 0 bridgehead atoms. The van der Waals surface area contributed by atoms with Crippen LogP contribution in [-0.2, 0) is 14.3 Å². The van der Waals surface area contributed by atoms with Crippen molar-refractivity contribution in [1.29, 1.82) is 0 Å². The third-order valence-corrected chi connectivity index (χ3v) is 4.81. The van der Waals surface area contributed by atoms with Crippen LogP contribution in [0.3, 0.4) is 0 Å². The smallest absolute Gasteiger partial charge is 0.328 e. The first-order valence-electron chi connectivity index (χ1n) is 7.95. The van der Waals surface area contributed by atoms with Gasteiger partial charge in [-0.1, -0.05) is 13.8 Å². The van der Waals surface area contributed by atoms with Gasteiger partial charge in [-0.2, -0.15) is 0 Å². The number of esters is 1. The predicted octanol–water partition coefficient (Wildman–Crippen LogP) is 2.64. The molecule has 0 amide bonds.